The Hall–Kier alpha value is -2.62. The number of rotatable bonds is 10. The van der Waals surface area contributed by atoms with E-state index in [1.54, 1.807) is 18.2 Å². The fourth-order valence-electron chi connectivity index (χ4n) is 3.72. The number of para-hydroxylation sites is 1. The van der Waals surface area contributed by atoms with Gasteiger partial charge in [-0.15, -0.1) is 0 Å². The fourth-order valence-corrected chi connectivity index (χ4v) is 5.26. The Bertz CT molecular complexity index is 1040. The van der Waals surface area contributed by atoms with Crippen LogP contribution < -0.4 is 14.8 Å². The lowest BCUT2D eigenvalue weighted by atomic mass is 10.1. The Balaban J connectivity index is 2.06. The lowest BCUT2D eigenvalue weighted by Gasteiger charge is -2.30. The zero-order valence-corrected chi connectivity index (χ0v) is 20.4. The number of anilines is 1. The number of methoxy groups -OCH3 is 1. The van der Waals surface area contributed by atoms with Crippen LogP contribution in [0.1, 0.15) is 43.0 Å². The van der Waals surface area contributed by atoms with Gasteiger partial charge in [0.2, 0.25) is 0 Å². The third kappa shape index (κ3) is 6.69. The van der Waals surface area contributed by atoms with Crippen LogP contribution in [0.2, 0.25) is 0 Å². The van der Waals surface area contributed by atoms with Gasteiger partial charge in [0.05, 0.1) is 18.4 Å². The highest BCUT2D eigenvalue weighted by Crippen LogP contribution is 2.38. The Morgan fingerprint density at radius 1 is 1.21 bits per heavy atom. The summed E-state index contributed by atoms with van der Waals surface area (Å²) in [7, 11) is -0.136. The van der Waals surface area contributed by atoms with E-state index in [9.17, 15) is 9.00 Å². The standard InChI is InChI=1S/C24H34N4O4S/c1-4-5-13-26-21-16-18(24(29)31-3)17-22(23(21)32-20-9-7-6-8-10-20)33(25,30)27-19-11-14-28(2)15-12-19/h6-10,16-17,19,26H,4-5,11-15H2,1-3H3,(H2,25,27,30). The second-order valence-electron chi connectivity index (χ2n) is 8.29. The number of carbonyl (C=O) groups excluding carboxylic acids is 1. The highest BCUT2D eigenvalue weighted by atomic mass is 32.2. The lowest BCUT2D eigenvalue weighted by Crippen LogP contribution is -2.43. The number of hydrogen-bond donors (Lipinski definition) is 3. The molecule has 0 spiro atoms. The predicted molar refractivity (Wildman–Crippen MR) is 130 cm³/mol. The average Bonchev–Trinajstić information content (AvgIpc) is 2.81. The molecule has 1 heterocycles. The Morgan fingerprint density at radius 2 is 1.91 bits per heavy atom. The van der Waals surface area contributed by atoms with Gasteiger partial charge in [-0.05, 0) is 63.7 Å². The molecule has 9 heteroatoms. The van der Waals surface area contributed by atoms with Gasteiger partial charge in [-0.25, -0.2) is 18.5 Å². The molecular formula is C24H34N4O4S. The lowest BCUT2D eigenvalue weighted by molar-refractivity contribution is 0.0600. The zero-order chi connectivity index (χ0) is 23.8. The van der Waals surface area contributed by atoms with Crippen LogP contribution in [-0.2, 0) is 14.7 Å². The monoisotopic (exact) mass is 474 g/mol. The van der Waals surface area contributed by atoms with Crippen LogP contribution in [0, 0.1) is 4.78 Å². The maximum absolute atomic E-state index is 13.8. The van der Waals surface area contributed by atoms with Crippen molar-refractivity contribution in [3.05, 3.63) is 48.0 Å². The first kappa shape index (κ1) is 25.0. The highest BCUT2D eigenvalue weighted by Gasteiger charge is 2.27. The Labute approximate surface area is 196 Å². The maximum Gasteiger partial charge on any atom is 0.337 e. The van der Waals surface area contributed by atoms with Gasteiger partial charge >= 0.3 is 5.97 Å². The van der Waals surface area contributed by atoms with Gasteiger partial charge in [0.15, 0.2) is 5.75 Å². The average molecular weight is 475 g/mol. The van der Waals surface area contributed by atoms with Gasteiger partial charge in [-0.2, -0.15) is 0 Å². The van der Waals surface area contributed by atoms with E-state index in [1.807, 2.05) is 25.2 Å². The van der Waals surface area contributed by atoms with Crippen molar-refractivity contribution < 1.29 is 18.5 Å². The molecule has 0 aliphatic carbocycles. The summed E-state index contributed by atoms with van der Waals surface area (Å²) in [5.41, 5.74) is 0.729. The summed E-state index contributed by atoms with van der Waals surface area (Å²) in [6.07, 6.45) is 3.48. The molecule has 0 saturated carbocycles. The molecule has 0 bridgehead atoms. The van der Waals surface area contributed by atoms with E-state index in [2.05, 4.69) is 21.9 Å². The number of carbonyl (C=O) groups is 1. The van der Waals surface area contributed by atoms with Gasteiger partial charge in [-0.3, -0.25) is 0 Å². The number of likely N-dealkylation sites (tertiary alicyclic amines) is 1. The van der Waals surface area contributed by atoms with Crippen molar-refractivity contribution in [2.45, 2.75) is 43.5 Å². The molecule has 1 saturated heterocycles. The number of nitrogens with one attached hydrogen (secondary N) is 3. The predicted octanol–water partition coefficient (Wildman–Crippen LogP) is 4.48. The summed E-state index contributed by atoms with van der Waals surface area (Å²) < 4.78 is 36.7. The number of ether oxygens (including phenoxy) is 2. The first-order valence-electron chi connectivity index (χ1n) is 11.3. The molecule has 2 aromatic rings. The molecule has 3 rings (SSSR count). The second kappa shape index (κ2) is 11.5. The van der Waals surface area contributed by atoms with E-state index in [0.29, 0.717) is 18.0 Å². The quantitative estimate of drug-likeness (QED) is 0.346. The minimum absolute atomic E-state index is 0.0611. The summed E-state index contributed by atoms with van der Waals surface area (Å²) in [6.45, 7) is 4.47. The summed E-state index contributed by atoms with van der Waals surface area (Å²) in [5.74, 6) is 0.276. The minimum atomic E-state index is -3.49. The summed E-state index contributed by atoms with van der Waals surface area (Å²) in [4.78, 5) is 14.7. The first-order valence-corrected chi connectivity index (χ1v) is 12.9. The van der Waals surface area contributed by atoms with Crippen LogP contribution in [0.5, 0.6) is 11.5 Å². The van der Waals surface area contributed by atoms with Crippen molar-refractivity contribution in [1.29, 1.82) is 4.78 Å². The van der Waals surface area contributed by atoms with E-state index in [-0.39, 0.29) is 22.3 Å². The van der Waals surface area contributed by atoms with Crippen molar-refractivity contribution in [2.75, 3.05) is 39.1 Å². The van der Waals surface area contributed by atoms with E-state index < -0.39 is 15.9 Å². The molecule has 0 aromatic heterocycles. The second-order valence-corrected chi connectivity index (χ2v) is 10.1. The van der Waals surface area contributed by atoms with Gasteiger partial charge in [-0.1, -0.05) is 31.5 Å². The van der Waals surface area contributed by atoms with Gasteiger partial charge in [0, 0.05) is 12.6 Å². The van der Waals surface area contributed by atoms with E-state index in [1.165, 1.54) is 13.2 Å². The molecule has 1 fully saturated rings. The van der Waals surface area contributed by atoms with E-state index >= 15 is 0 Å². The smallest absolute Gasteiger partial charge is 0.337 e. The van der Waals surface area contributed by atoms with Crippen LogP contribution in [0.25, 0.3) is 0 Å². The minimum Gasteiger partial charge on any atom is -0.465 e. The van der Waals surface area contributed by atoms with Crippen molar-refractivity contribution in [3.8, 4) is 11.5 Å². The van der Waals surface area contributed by atoms with E-state index in [0.717, 1.165) is 38.8 Å². The first-order chi connectivity index (χ1) is 15.8. The third-order valence-electron chi connectivity index (χ3n) is 5.65. The Morgan fingerprint density at radius 3 is 2.55 bits per heavy atom. The molecule has 33 heavy (non-hydrogen) atoms. The van der Waals surface area contributed by atoms with Gasteiger partial charge in [0.25, 0.3) is 0 Å². The van der Waals surface area contributed by atoms with Crippen LogP contribution in [0.4, 0.5) is 5.69 Å². The number of nitrogens with zero attached hydrogens (tertiary/aromatic N) is 1. The third-order valence-corrected chi connectivity index (χ3v) is 7.23. The van der Waals surface area contributed by atoms with Crippen LogP contribution in [0.3, 0.4) is 0 Å². The number of benzene rings is 2. The van der Waals surface area contributed by atoms with Crippen LogP contribution in [0.15, 0.2) is 47.4 Å². The van der Waals surface area contributed by atoms with Gasteiger partial charge in [0.1, 0.15) is 20.6 Å². The molecule has 8 nitrogen and oxygen atoms in total. The topological polar surface area (TPSA) is 104 Å². The zero-order valence-electron chi connectivity index (χ0n) is 19.6. The van der Waals surface area contributed by atoms with Crippen LogP contribution >= 0.6 is 0 Å². The Kier molecular flexibility index (Phi) is 8.71. The number of unbranched alkanes of at least 4 members (excludes halogenated alkanes) is 1. The summed E-state index contributed by atoms with van der Waals surface area (Å²) in [5, 5.41) is 3.30. The summed E-state index contributed by atoms with van der Waals surface area (Å²) in [6, 6.07) is 12.2. The summed E-state index contributed by atoms with van der Waals surface area (Å²) >= 11 is 0. The molecule has 0 radical (unpaired) electrons. The molecule has 1 atom stereocenters. The van der Waals surface area contributed by atoms with Crippen molar-refractivity contribution in [2.24, 2.45) is 0 Å². The van der Waals surface area contributed by atoms with Crippen molar-refractivity contribution in [3.63, 3.8) is 0 Å². The number of piperidine rings is 1. The van der Waals surface area contributed by atoms with Gasteiger partial charge < -0.3 is 19.7 Å². The molecule has 0 amide bonds. The molecule has 1 aliphatic rings. The van der Waals surface area contributed by atoms with Crippen molar-refractivity contribution in [1.82, 2.24) is 9.62 Å². The largest absolute Gasteiger partial charge is 0.465 e. The molecule has 180 valence electrons. The van der Waals surface area contributed by atoms with Crippen molar-refractivity contribution >= 4 is 21.6 Å². The molecule has 1 aliphatic heterocycles. The van der Waals surface area contributed by atoms with Crippen LogP contribution in [-0.4, -0.2) is 54.9 Å². The number of hydrogen-bond acceptors (Lipinski definition) is 7. The van der Waals surface area contributed by atoms with E-state index in [4.69, 9.17) is 14.3 Å². The fraction of sp³-hybridized carbons (Fsp3) is 0.458. The molecule has 2 aromatic carbocycles. The maximum atomic E-state index is 13.8. The molecular weight excluding hydrogens is 440 g/mol. The normalized spacial score (nSPS) is 16.7. The SMILES string of the molecule is CCCCNc1cc(C(=O)OC)cc(S(=N)(=O)NC2CCN(C)CC2)c1Oc1ccccc1. The molecule has 1 unspecified atom stereocenters. The molecule has 3 N–H and O–H groups in total. The highest BCUT2D eigenvalue weighted by molar-refractivity contribution is 7.90. The number of esters is 1.